The largest absolute Gasteiger partial charge is 0.368 e. The van der Waals surface area contributed by atoms with E-state index < -0.39 is 11.9 Å². The first-order valence-corrected chi connectivity index (χ1v) is 7.28. The van der Waals surface area contributed by atoms with Crippen LogP contribution < -0.4 is 16.4 Å². The molecule has 2 amide bonds. The molecule has 0 spiro atoms. The summed E-state index contributed by atoms with van der Waals surface area (Å²) >= 11 is 1.47. The minimum Gasteiger partial charge on any atom is -0.368 e. The van der Waals surface area contributed by atoms with Crippen molar-refractivity contribution in [3.8, 4) is 0 Å². The Hall–Kier alpha value is -1.47. The van der Waals surface area contributed by atoms with E-state index in [1.165, 1.54) is 11.3 Å². The van der Waals surface area contributed by atoms with Gasteiger partial charge >= 0.3 is 0 Å². The fourth-order valence-corrected chi connectivity index (χ4v) is 2.96. The lowest BCUT2D eigenvalue weighted by Gasteiger charge is -2.11. The molecule has 1 aromatic heterocycles. The molecule has 2 atom stereocenters. The van der Waals surface area contributed by atoms with Crippen LogP contribution in [0.4, 0.5) is 0 Å². The average Bonchev–Trinajstić information content (AvgIpc) is 3.04. The van der Waals surface area contributed by atoms with Crippen molar-refractivity contribution in [1.82, 2.24) is 15.6 Å². The molecule has 19 heavy (non-hydrogen) atoms. The van der Waals surface area contributed by atoms with Crippen molar-refractivity contribution in [2.24, 2.45) is 5.73 Å². The highest BCUT2D eigenvalue weighted by Gasteiger charge is 2.22. The van der Waals surface area contributed by atoms with Gasteiger partial charge < -0.3 is 16.4 Å². The molecule has 104 valence electrons. The number of carbonyl (C=O) groups excluding carboxylic acids is 2. The van der Waals surface area contributed by atoms with Crippen LogP contribution in [0.15, 0.2) is 5.38 Å². The maximum absolute atomic E-state index is 12.0. The van der Waals surface area contributed by atoms with Crippen LogP contribution in [-0.4, -0.2) is 29.4 Å². The van der Waals surface area contributed by atoms with Crippen molar-refractivity contribution in [2.45, 2.75) is 38.3 Å². The van der Waals surface area contributed by atoms with Crippen LogP contribution >= 0.6 is 11.3 Å². The molecule has 0 bridgehead atoms. The van der Waals surface area contributed by atoms with Crippen molar-refractivity contribution in [3.05, 3.63) is 16.1 Å². The quantitative estimate of drug-likeness (QED) is 0.735. The maximum Gasteiger partial charge on any atom is 0.271 e. The van der Waals surface area contributed by atoms with Crippen LogP contribution in [0.5, 0.6) is 0 Å². The molecule has 0 radical (unpaired) electrons. The molecular formula is C12H18N4O2S. The minimum atomic E-state index is -0.637. The molecule has 2 heterocycles. The van der Waals surface area contributed by atoms with Crippen LogP contribution in [0.2, 0.25) is 0 Å². The maximum atomic E-state index is 12.0. The second-order valence-corrected chi connectivity index (χ2v) is 5.45. The number of amides is 2. The molecule has 4 N–H and O–H groups in total. The number of nitrogens with one attached hydrogen (secondary N) is 2. The Kier molecular flexibility index (Phi) is 4.49. The van der Waals surface area contributed by atoms with E-state index in [0.29, 0.717) is 12.1 Å². The van der Waals surface area contributed by atoms with E-state index in [0.717, 1.165) is 24.4 Å². The number of carbonyl (C=O) groups is 2. The van der Waals surface area contributed by atoms with Crippen LogP contribution in [-0.2, 0) is 4.79 Å². The van der Waals surface area contributed by atoms with Crippen molar-refractivity contribution in [3.63, 3.8) is 0 Å². The lowest BCUT2D eigenvalue weighted by Crippen LogP contribution is -2.44. The lowest BCUT2D eigenvalue weighted by molar-refractivity contribution is -0.119. The molecule has 2 rings (SSSR count). The molecule has 2 unspecified atom stereocenters. The highest BCUT2D eigenvalue weighted by Crippen LogP contribution is 2.25. The number of hydrogen-bond donors (Lipinski definition) is 3. The molecule has 0 aliphatic carbocycles. The number of thiazole rings is 1. The van der Waals surface area contributed by atoms with Gasteiger partial charge in [-0.05, 0) is 25.8 Å². The number of hydrogen-bond acceptors (Lipinski definition) is 5. The predicted molar refractivity (Wildman–Crippen MR) is 72.8 cm³/mol. The lowest BCUT2D eigenvalue weighted by atomic mass is 10.2. The van der Waals surface area contributed by atoms with Crippen molar-refractivity contribution >= 4 is 23.2 Å². The Balaban J connectivity index is 2.01. The molecule has 7 heteroatoms. The normalized spacial score (nSPS) is 20.2. The third-order valence-electron chi connectivity index (χ3n) is 3.17. The molecule has 1 aromatic rings. The Morgan fingerprint density at radius 3 is 3.05 bits per heavy atom. The van der Waals surface area contributed by atoms with E-state index in [-0.39, 0.29) is 11.9 Å². The smallest absolute Gasteiger partial charge is 0.271 e. The Bertz CT molecular complexity index is 468. The molecule has 0 aromatic carbocycles. The van der Waals surface area contributed by atoms with Gasteiger partial charge in [-0.15, -0.1) is 11.3 Å². The first-order valence-electron chi connectivity index (χ1n) is 6.40. The zero-order valence-corrected chi connectivity index (χ0v) is 11.6. The minimum absolute atomic E-state index is 0.254. The molecule has 1 fully saturated rings. The zero-order valence-electron chi connectivity index (χ0n) is 10.8. The van der Waals surface area contributed by atoms with Crippen LogP contribution in [0.1, 0.15) is 47.7 Å². The van der Waals surface area contributed by atoms with Crippen LogP contribution in [0.25, 0.3) is 0 Å². The Morgan fingerprint density at radius 1 is 1.68 bits per heavy atom. The standard InChI is InChI=1S/C12H18N4O2S/c1-2-7(10(13)17)15-11(18)9-6-19-12(16-9)8-4-3-5-14-8/h6-8,14H,2-5H2,1H3,(H2,13,17)(H,15,18). The summed E-state index contributed by atoms with van der Waals surface area (Å²) < 4.78 is 0. The third-order valence-corrected chi connectivity index (χ3v) is 4.13. The first kappa shape index (κ1) is 14.0. The van der Waals surface area contributed by atoms with Gasteiger partial charge in [-0.2, -0.15) is 0 Å². The Labute approximate surface area is 115 Å². The second kappa shape index (κ2) is 6.12. The van der Waals surface area contributed by atoms with Gasteiger partial charge in [0.05, 0.1) is 6.04 Å². The highest BCUT2D eigenvalue weighted by molar-refractivity contribution is 7.09. The zero-order chi connectivity index (χ0) is 13.8. The second-order valence-electron chi connectivity index (χ2n) is 4.56. The number of aromatic nitrogens is 1. The summed E-state index contributed by atoms with van der Waals surface area (Å²) in [6.45, 7) is 2.79. The van der Waals surface area contributed by atoms with Gasteiger partial charge in [0.1, 0.15) is 16.7 Å². The predicted octanol–water partition coefficient (Wildman–Crippen LogP) is 0.561. The van der Waals surface area contributed by atoms with E-state index in [1.807, 2.05) is 0 Å². The third kappa shape index (κ3) is 3.30. The highest BCUT2D eigenvalue weighted by atomic mass is 32.1. The van der Waals surface area contributed by atoms with E-state index in [2.05, 4.69) is 15.6 Å². The van der Waals surface area contributed by atoms with Gasteiger partial charge in [0.2, 0.25) is 5.91 Å². The summed E-state index contributed by atoms with van der Waals surface area (Å²) in [7, 11) is 0. The van der Waals surface area contributed by atoms with Gasteiger partial charge in [-0.3, -0.25) is 9.59 Å². The summed E-state index contributed by atoms with van der Waals surface area (Å²) in [6, 6.07) is -0.382. The number of nitrogens with two attached hydrogens (primary N) is 1. The van der Waals surface area contributed by atoms with Gasteiger partial charge in [-0.25, -0.2) is 4.98 Å². The molecule has 1 aliphatic heterocycles. The summed E-state index contributed by atoms with van der Waals surface area (Å²) in [6.07, 6.45) is 2.65. The average molecular weight is 282 g/mol. The first-order chi connectivity index (χ1) is 9.11. The van der Waals surface area contributed by atoms with Crippen molar-refractivity contribution < 1.29 is 9.59 Å². The van der Waals surface area contributed by atoms with Gasteiger partial charge in [0, 0.05) is 5.38 Å². The summed E-state index contributed by atoms with van der Waals surface area (Å²) in [5, 5.41) is 8.58. The van der Waals surface area contributed by atoms with E-state index in [4.69, 9.17) is 5.73 Å². The van der Waals surface area contributed by atoms with E-state index >= 15 is 0 Å². The van der Waals surface area contributed by atoms with Crippen molar-refractivity contribution in [1.29, 1.82) is 0 Å². The fraction of sp³-hybridized carbons (Fsp3) is 0.583. The van der Waals surface area contributed by atoms with Crippen LogP contribution in [0, 0.1) is 0 Å². The number of nitrogens with zero attached hydrogens (tertiary/aromatic N) is 1. The van der Waals surface area contributed by atoms with E-state index in [1.54, 1.807) is 12.3 Å². The van der Waals surface area contributed by atoms with Gasteiger partial charge in [0.15, 0.2) is 0 Å². The summed E-state index contributed by atoms with van der Waals surface area (Å²) in [5.41, 5.74) is 5.55. The molecular weight excluding hydrogens is 264 g/mol. The molecule has 1 saturated heterocycles. The molecule has 1 aliphatic rings. The van der Waals surface area contributed by atoms with Gasteiger partial charge in [0.25, 0.3) is 5.91 Å². The SMILES string of the molecule is CCC(NC(=O)c1csc(C2CCCN2)n1)C(N)=O. The summed E-state index contributed by atoms with van der Waals surface area (Å²) in [5.74, 6) is -0.866. The Morgan fingerprint density at radius 2 is 2.47 bits per heavy atom. The van der Waals surface area contributed by atoms with Gasteiger partial charge in [-0.1, -0.05) is 6.92 Å². The number of primary amides is 1. The summed E-state index contributed by atoms with van der Waals surface area (Å²) in [4.78, 5) is 27.4. The van der Waals surface area contributed by atoms with E-state index in [9.17, 15) is 9.59 Å². The van der Waals surface area contributed by atoms with Crippen molar-refractivity contribution in [2.75, 3.05) is 6.54 Å². The molecule has 0 saturated carbocycles. The fourth-order valence-electron chi connectivity index (χ4n) is 2.05. The van der Waals surface area contributed by atoms with Crippen LogP contribution in [0.3, 0.4) is 0 Å². The molecule has 6 nitrogen and oxygen atoms in total. The topological polar surface area (TPSA) is 97.1 Å². The number of rotatable bonds is 5. The monoisotopic (exact) mass is 282 g/mol.